The summed E-state index contributed by atoms with van der Waals surface area (Å²) < 4.78 is 0. The van der Waals surface area contributed by atoms with Gasteiger partial charge in [-0.25, -0.2) is 4.79 Å². The van der Waals surface area contributed by atoms with Gasteiger partial charge in [-0.1, -0.05) is 65.4 Å². The number of benzene rings is 2. The first-order valence-electron chi connectivity index (χ1n) is 9.03. The zero-order valence-electron chi connectivity index (χ0n) is 15.7. The van der Waals surface area contributed by atoms with E-state index in [9.17, 15) is 9.59 Å². The molecule has 0 aliphatic heterocycles. The second-order valence-electron chi connectivity index (χ2n) is 6.16. The molecule has 29 heavy (non-hydrogen) atoms. The largest absolute Gasteiger partial charge is 0.338 e. The standard InChI is InChI=1S/C20H20ClN5O2S/c1-2-22-19(28)23-16(11-13-7-4-3-5-8-13)17(27)24-20-26-25-18(29-20)14-9-6-10-15(21)12-14/h3-10,12,16H,2,11H2,1H3,(H2,22,23,28)(H,24,26,27). The van der Waals surface area contributed by atoms with Crippen molar-refractivity contribution in [2.45, 2.75) is 19.4 Å². The summed E-state index contributed by atoms with van der Waals surface area (Å²) >= 11 is 7.25. The molecule has 3 N–H and O–H groups in total. The van der Waals surface area contributed by atoms with Crippen molar-refractivity contribution in [3.63, 3.8) is 0 Å². The monoisotopic (exact) mass is 429 g/mol. The van der Waals surface area contributed by atoms with Crippen molar-refractivity contribution in [1.29, 1.82) is 0 Å². The molecule has 0 aliphatic rings. The third-order valence-electron chi connectivity index (χ3n) is 3.97. The third-order valence-corrected chi connectivity index (χ3v) is 5.09. The van der Waals surface area contributed by atoms with Crippen LogP contribution in [0.2, 0.25) is 5.02 Å². The molecule has 1 atom stereocenters. The molecule has 1 heterocycles. The van der Waals surface area contributed by atoms with E-state index in [0.29, 0.717) is 28.1 Å². The van der Waals surface area contributed by atoms with E-state index in [-0.39, 0.29) is 5.91 Å². The number of carbonyl (C=O) groups is 2. The van der Waals surface area contributed by atoms with Gasteiger partial charge in [-0.2, -0.15) is 0 Å². The van der Waals surface area contributed by atoms with Crippen LogP contribution in [0, 0.1) is 0 Å². The Morgan fingerprint density at radius 3 is 2.62 bits per heavy atom. The number of hydrogen-bond acceptors (Lipinski definition) is 5. The van der Waals surface area contributed by atoms with Crippen LogP contribution >= 0.6 is 22.9 Å². The fourth-order valence-corrected chi connectivity index (χ4v) is 3.57. The van der Waals surface area contributed by atoms with Gasteiger partial charge >= 0.3 is 6.03 Å². The molecule has 3 amide bonds. The normalized spacial score (nSPS) is 11.5. The number of nitrogens with one attached hydrogen (secondary N) is 3. The molecule has 0 spiro atoms. The van der Waals surface area contributed by atoms with Crippen LogP contribution < -0.4 is 16.0 Å². The number of amides is 3. The molecule has 3 rings (SSSR count). The zero-order chi connectivity index (χ0) is 20.6. The summed E-state index contributed by atoms with van der Waals surface area (Å²) in [5.74, 6) is -0.367. The first kappa shape index (κ1) is 20.8. The Labute approximate surface area is 177 Å². The van der Waals surface area contributed by atoms with E-state index in [1.807, 2.05) is 49.4 Å². The van der Waals surface area contributed by atoms with E-state index in [1.165, 1.54) is 11.3 Å². The van der Waals surface area contributed by atoms with Crippen LogP contribution in [0.3, 0.4) is 0 Å². The highest BCUT2D eigenvalue weighted by Crippen LogP contribution is 2.28. The number of halogens is 1. The van der Waals surface area contributed by atoms with Gasteiger partial charge in [-0.05, 0) is 24.6 Å². The lowest BCUT2D eigenvalue weighted by molar-refractivity contribution is -0.117. The fourth-order valence-electron chi connectivity index (χ4n) is 2.63. The van der Waals surface area contributed by atoms with Gasteiger partial charge in [0, 0.05) is 23.6 Å². The molecule has 9 heteroatoms. The Morgan fingerprint density at radius 2 is 1.90 bits per heavy atom. The van der Waals surface area contributed by atoms with Gasteiger partial charge in [0.05, 0.1) is 0 Å². The van der Waals surface area contributed by atoms with Crippen molar-refractivity contribution in [1.82, 2.24) is 20.8 Å². The molecule has 0 aliphatic carbocycles. The number of nitrogens with zero attached hydrogens (tertiary/aromatic N) is 2. The highest BCUT2D eigenvalue weighted by molar-refractivity contribution is 7.18. The minimum atomic E-state index is -0.762. The number of hydrogen-bond donors (Lipinski definition) is 3. The lowest BCUT2D eigenvalue weighted by Gasteiger charge is -2.18. The number of aromatic nitrogens is 2. The van der Waals surface area contributed by atoms with Crippen molar-refractivity contribution in [3.05, 3.63) is 65.2 Å². The van der Waals surface area contributed by atoms with Crippen LogP contribution in [0.5, 0.6) is 0 Å². The molecule has 0 bridgehead atoms. The van der Waals surface area contributed by atoms with Gasteiger partial charge in [0.1, 0.15) is 11.0 Å². The van der Waals surface area contributed by atoms with Crippen molar-refractivity contribution in [2.75, 3.05) is 11.9 Å². The molecule has 0 radical (unpaired) electrons. The second kappa shape index (κ2) is 9.99. The Morgan fingerprint density at radius 1 is 1.10 bits per heavy atom. The topological polar surface area (TPSA) is 96.0 Å². The van der Waals surface area contributed by atoms with E-state index >= 15 is 0 Å². The van der Waals surface area contributed by atoms with Crippen LogP contribution in [-0.2, 0) is 11.2 Å². The Bertz CT molecular complexity index is 980. The number of rotatable bonds is 7. The van der Waals surface area contributed by atoms with Gasteiger partial charge in [0.15, 0.2) is 0 Å². The summed E-state index contributed by atoms with van der Waals surface area (Å²) in [5, 5.41) is 17.8. The Balaban J connectivity index is 1.72. The maximum Gasteiger partial charge on any atom is 0.315 e. The molecule has 3 aromatic rings. The van der Waals surface area contributed by atoms with Crippen LogP contribution in [0.25, 0.3) is 10.6 Å². The molecule has 7 nitrogen and oxygen atoms in total. The van der Waals surface area contributed by atoms with Gasteiger partial charge in [0.2, 0.25) is 11.0 Å². The van der Waals surface area contributed by atoms with E-state index < -0.39 is 12.1 Å². The summed E-state index contributed by atoms with van der Waals surface area (Å²) in [5.41, 5.74) is 1.75. The maximum atomic E-state index is 12.8. The average molecular weight is 430 g/mol. The van der Waals surface area contributed by atoms with Gasteiger partial charge < -0.3 is 10.6 Å². The van der Waals surface area contributed by atoms with E-state index in [4.69, 9.17) is 11.6 Å². The lowest BCUT2D eigenvalue weighted by atomic mass is 10.1. The van der Waals surface area contributed by atoms with Crippen LogP contribution in [-0.4, -0.2) is 34.7 Å². The molecule has 0 fully saturated rings. The SMILES string of the molecule is CCNC(=O)NC(Cc1ccccc1)C(=O)Nc1nnc(-c2cccc(Cl)c2)s1. The van der Waals surface area contributed by atoms with Crippen molar-refractivity contribution >= 4 is 40.0 Å². The molecule has 0 saturated heterocycles. The zero-order valence-corrected chi connectivity index (χ0v) is 17.3. The van der Waals surface area contributed by atoms with Gasteiger partial charge in [0.25, 0.3) is 0 Å². The highest BCUT2D eigenvalue weighted by atomic mass is 35.5. The fraction of sp³-hybridized carbons (Fsp3) is 0.200. The number of urea groups is 1. The summed E-state index contributed by atoms with van der Waals surface area (Å²) in [7, 11) is 0. The molecular weight excluding hydrogens is 410 g/mol. The molecule has 1 aromatic heterocycles. The lowest BCUT2D eigenvalue weighted by Crippen LogP contribution is -2.49. The van der Waals surface area contributed by atoms with Crippen molar-refractivity contribution in [2.24, 2.45) is 0 Å². The van der Waals surface area contributed by atoms with Gasteiger partial charge in [-0.15, -0.1) is 10.2 Å². The third kappa shape index (κ3) is 6.00. The maximum absolute atomic E-state index is 12.8. The summed E-state index contributed by atoms with van der Waals surface area (Å²) in [6.45, 7) is 2.27. The minimum absolute atomic E-state index is 0.348. The van der Waals surface area contributed by atoms with Crippen molar-refractivity contribution in [3.8, 4) is 10.6 Å². The first-order chi connectivity index (χ1) is 14.0. The first-order valence-corrected chi connectivity index (χ1v) is 10.2. The van der Waals surface area contributed by atoms with Gasteiger partial charge in [-0.3, -0.25) is 10.1 Å². The molecule has 0 saturated carbocycles. The second-order valence-corrected chi connectivity index (χ2v) is 7.57. The van der Waals surface area contributed by atoms with E-state index in [2.05, 4.69) is 26.1 Å². The summed E-state index contributed by atoms with van der Waals surface area (Å²) in [6.07, 6.45) is 0.351. The minimum Gasteiger partial charge on any atom is -0.338 e. The quantitative estimate of drug-likeness (QED) is 0.533. The smallest absolute Gasteiger partial charge is 0.315 e. The van der Waals surface area contributed by atoms with Crippen molar-refractivity contribution < 1.29 is 9.59 Å². The molecule has 2 aromatic carbocycles. The van der Waals surface area contributed by atoms with E-state index in [1.54, 1.807) is 12.1 Å². The molecular formula is C20H20ClN5O2S. The van der Waals surface area contributed by atoms with Crippen LogP contribution in [0.1, 0.15) is 12.5 Å². The van der Waals surface area contributed by atoms with Crippen LogP contribution in [0.15, 0.2) is 54.6 Å². The summed E-state index contributed by atoms with van der Waals surface area (Å²) in [4.78, 5) is 24.8. The molecule has 1 unspecified atom stereocenters. The highest BCUT2D eigenvalue weighted by Gasteiger charge is 2.22. The number of anilines is 1. The average Bonchev–Trinajstić information content (AvgIpc) is 3.17. The predicted molar refractivity (Wildman–Crippen MR) is 115 cm³/mol. The number of carbonyl (C=O) groups excluding carboxylic acids is 2. The summed E-state index contributed by atoms with van der Waals surface area (Å²) in [6, 6.07) is 15.6. The molecule has 150 valence electrons. The Hall–Kier alpha value is -2.97. The predicted octanol–water partition coefficient (Wildman–Crippen LogP) is 3.73. The van der Waals surface area contributed by atoms with Crippen LogP contribution in [0.4, 0.5) is 9.93 Å². The Kier molecular flexibility index (Phi) is 7.15. The van der Waals surface area contributed by atoms with E-state index in [0.717, 1.165) is 11.1 Å².